The Hall–Kier alpha value is -1.94. The molecule has 0 aromatic rings. The van der Waals surface area contributed by atoms with Gasteiger partial charge in [0.05, 0.1) is 26.4 Å². The van der Waals surface area contributed by atoms with E-state index in [1.165, 1.54) is 218 Å². The third kappa shape index (κ3) is 69.8. The predicted octanol–water partition coefficient (Wildman–Crippen LogP) is 23.4. The molecule has 4 unspecified atom stereocenters. The first-order valence-electron chi connectivity index (χ1n) is 40.9. The van der Waals surface area contributed by atoms with Gasteiger partial charge in [-0.25, -0.2) is 9.13 Å². The molecular weight excluding hydrogens is 1280 g/mol. The van der Waals surface area contributed by atoms with Gasteiger partial charge in [-0.15, -0.1) is 0 Å². The van der Waals surface area contributed by atoms with Crippen molar-refractivity contribution in [3.05, 3.63) is 0 Å². The van der Waals surface area contributed by atoms with Crippen LogP contribution in [0.4, 0.5) is 0 Å². The molecule has 19 heteroatoms. The van der Waals surface area contributed by atoms with Crippen LogP contribution in [0.2, 0.25) is 0 Å². The van der Waals surface area contributed by atoms with Crippen LogP contribution < -0.4 is 0 Å². The predicted molar refractivity (Wildman–Crippen MR) is 400 cm³/mol. The fraction of sp³-hybridized carbons (Fsp3) is 0.949. The molecule has 0 aromatic heterocycles. The molecule has 98 heavy (non-hydrogen) atoms. The van der Waals surface area contributed by atoms with E-state index in [2.05, 4.69) is 48.5 Å². The average molecular weight is 1440 g/mol. The van der Waals surface area contributed by atoms with Crippen molar-refractivity contribution in [3.8, 4) is 0 Å². The summed E-state index contributed by atoms with van der Waals surface area (Å²) in [5.74, 6) is 0.334. The Morgan fingerprint density at radius 3 is 0.776 bits per heavy atom. The summed E-state index contributed by atoms with van der Waals surface area (Å²) in [6.07, 6.45) is 56.7. The van der Waals surface area contributed by atoms with Crippen LogP contribution in [0.3, 0.4) is 0 Å². The van der Waals surface area contributed by atoms with Crippen LogP contribution in [0, 0.1) is 17.8 Å². The van der Waals surface area contributed by atoms with Crippen molar-refractivity contribution < 1.29 is 80.2 Å². The Morgan fingerprint density at radius 2 is 0.520 bits per heavy atom. The van der Waals surface area contributed by atoms with Gasteiger partial charge < -0.3 is 33.8 Å². The zero-order chi connectivity index (χ0) is 72.3. The SMILES string of the molecule is CCCCCCCCCCCC(=O)OC[C@H](COP(=O)(O)OC[C@H](O)COP(=O)(O)OC[C@@H](COC(=O)CCCCCCCCCCCCCCCCC(C)CC)OC(=O)CCCCCCCCCCCCCCCCC(C)CC)OC(=O)CCCCCCCCCCCCC(C)C. The van der Waals surface area contributed by atoms with Gasteiger partial charge in [0.2, 0.25) is 0 Å². The summed E-state index contributed by atoms with van der Waals surface area (Å²) in [5.41, 5.74) is 0. The van der Waals surface area contributed by atoms with E-state index in [0.29, 0.717) is 25.7 Å². The summed E-state index contributed by atoms with van der Waals surface area (Å²) in [6.45, 7) is 12.0. The molecule has 0 aliphatic rings. The first-order valence-corrected chi connectivity index (χ1v) is 43.9. The van der Waals surface area contributed by atoms with Crippen molar-refractivity contribution in [3.63, 3.8) is 0 Å². The number of hydrogen-bond donors (Lipinski definition) is 3. The first-order chi connectivity index (χ1) is 47.3. The first kappa shape index (κ1) is 96.1. The minimum absolute atomic E-state index is 0.106. The highest BCUT2D eigenvalue weighted by atomic mass is 31.2. The van der Waals surface area contributed by atoms with Gasteiger partial charge in [0.15, 0.2) is 12.2 Å². The maximum absolute atomic E-state index is 13.1. The summed E-state index contributed by atoms with van der Waals surface area (Å²) in [5, 5.41) is 10.6. The number of rotatable bonds is 77. The van der Waals surface area contributed by atoms with Gasteiger partial charge in [0.1, 0.15) is 19.3 Å². The maximum Gasteiger partial charge on any atom is 0.472 e. The lowest BCUT2D eigenvalue weighted by atomic mass is 9.99. The van der Waals surface area contributed by atoms with Crippen molar-refractivity contribution >= 4 is 39.5 Å². The third-order valence-electron chi connectivity index (χ3n) is 19.1. The van der Waals surface area contributed by atoms with Gasteiger partial charge in [-0.05, 0) is 43.4 Å². The van der Waals surface area contributed by atoms with Crippen LogP contribution in [0.5, 0.6) is 0 Å². The average Bonchev–Trinajstić information content (AvgIpc) is 1.07. The molecule has 0 amide bonds. The van der Waals surface area contributed by atoms with E-state index in [-0.39, 0.29) is 25.7 Å². The molecule has 0 aliphatic heterocycles. The van der Waals surface area contributed by atoms with Crippen LogP contribution in [-0.4, -0.2) is 96.7 Å². The zero-order valence-corrected chi connectivity index (χ0v) is 66.0. The number of aliphatic hydroxyl groups is 1. The Bertz CT molecular complexity index is 1910. The lowest BCUT2D eigenvalue weighted by Gasteiger charge is -2.21. The van der Waals surface area contributed by atoms with Gasteiger partial charge in [-0.3, -0.25) is 37.3 Å². The van der Waals surface area contributed by atoms with E-state index in [4.69, 9.17) is 37.0 Å². The van der Waals surface area contributed by atoms with Gasteiger partial charge in [0, 0.05) is 25.7 Å². The molecule has 0 heterocycles. The third-order valence-corrected chi connectivity index (χ3v) is 21.0. The quantitative estimate of drug-likeness (QED) is 0.0222. The van der Waals surface area contributed by atoms with E-state index in [9.17, 15) is 43.2 Å². The smallest absolute Gasteiger partial charge is 0.462 e. The van der Waals surface area contributed by atoms with E-state index in [1.807, 2.05) is 0 Å². The largest absolute Gasteiger partial charge is 0.472 e. The molecule has 17 nitrogen and oxygen atoms in total. The Labute approximate surface area is 600 Å². The molecule has 0 saturated heterocycles. The minimum atomic E-state index is -4.96. The van der Waals surface area contributed by atoms with Crippen molar-refractivity contribution in [1.29, 1.82) is 0 Å². The summed E-state index contributed by atoms with van der Waals surface area (Å²) < 4.78 is 68.6. The normalized spacial score (nSPS) is 14.6. The number of esters is 4. The lowest BCUT2D eigenvalue weighted by Crippen LogP contribution is -2.30. The number of phosphoric ester groups is 2. The van der Waals surface area contributed by atoms with Crippen LogP contribution in [0.1, 0.15) is 408 Å². The zero-order valence-electron chi connectivity index (χ0n) is 64.3. The molecule has 7 atom stereocenters. The monoisotopic (exact) mass is 1440 g/mol. The highest BCUT2D eigenvalue weighted by molar-refractivity contribution is 7.47. The van der Waals surface area contributed by atoms with Crippen molar-refractivity contribution in [1.82, 2.24) is 0 Å². The highest BCUT2D eigenvalue weighted by Gasteiger charge is 2.30. The second kappa shape index (κ2) is 69.4. The standard InChI is InChI=1S/C79H154O17P2/c1-8-11-12-13-14-29-39-46-53-60-76(81)89-66-74(96-79(84)63-56-49-42-35-28-27-30-36-43-50-57-70(4)5)68-93-97(85,86)91-64-73(80)65-92-98(87,88)94-69-75(95-78(83)62-55-48-41-34-26-22-18-16-20-24-32-38-45-52-59-72(7)10-3)67-90-77(82)61-54-47-40-33-25-21-17-15-19-23-31-37-44-51-58-71(6)9-2/h70-75,80H,8-69H2,1-7H3,(H,85,86)(H,87,88)/t71?,72?,73-,74+,75+/m0/s1. The fourth-order valence-corrected chi connectivity index (χ4v) is 13.6. The van der Waals surface area contributed by atoms with Crippen LogP contribution in [0.15, 0.2) is 0 Å². The summed E-state index contributed by atoms with van der Waals surface area (Å²) in [6, 6.07) is 0. The molecule has 0 bridgehead atoms. The second-order valence-corrected chi connectivity index (χ2v) is 32.3. The van der Waals surface area contributed by atoms with Gasteiger partial charge in [-0.1, -0.05) is 357 Å². The van der Waals surface area contributed by atoms with Crippen molar-refractivity contribution in [2.75, 3.05) is 39.6 Å². The van der Waals surface area contributed by atoms with E-state index in [1.54, 1.807) is 0 Å². The van der Waals surface area contributed by atoms with Crippen LogP contribution in [-0.2, 0) is 65.4 Å². The molecule has 0 rings (SSSR count). The topological polar surface area (TPSA) is 237 Å². The maximum atomic E-state index is 13.1. The summed E-state index contributed by atoms with van der Waals surface area (Å²) >= 11 is 0. The second-order valence-electron chi connectivity index (χ2n) is 29.4. The Balaban J connectivity index is 5.23. The molecule has 582 valence electrons. The molecule has 0 radical (unpaired) electrons. The molecule has 0 fully saturated rings. The van der Waals surface area contributed by atoms with E-state index >= 15 is 0 Å². The number of unbranched alkanes of at least 4 members (excludes halogenated alkanes) is 43. The minimum Gasteiger partial charge on any atom is -0.462 e. The van der Waals surface area contributed by atoms with Crippen LogP contribution >= 0.6 is 15.6 Å². The number of carbonyl (C=O) groups excluding carboxylic acids is 4. The number of ether oxygens (including phenoxy) is 4. The van der Waals surface area contributed by atoms with Crippen molar-refractivity contribution in [2.45, 2.75) is 426 Å². The number of carbonyl (C=O) groups is 4. The highest BCUT2D eigenvalue weighted by Crippen LogP contribution is 2.45. The molecule has 3 N–H and O–H groups in total. The molecule has 0 spiro atoms. The van der Waals surface area contributed by atoms with E-state index in [0.717, 1.165) is 108 Å². The number of aliphatic hydroxyl groups excluding tert-OH is 1. The van der Waals surface area contributed by atoms with Gasteiger partial charge in [-0.2, -0.15) is 0 Å². The molecular formula is C79H154O17P2. The number of hydrogen-bond acceptors (Lipinski definition) is 15. The number of phosphoric acid groups is 2. The van der Waals surface area contributed by atoms with Gasteiger partial charge >= 0.3 is 39.5 Å². The molecule has 0 saturated carbocycles. The molecule has 0 aliphatic carbocycles. The van der Waals surface area contributed by atoms with Crippen molar-refractivity contribution in [2.24, 2.45) is 17.8 Å². The van der Waals surface area contributed by atoms with Crippen LogP contribution in [0.25, 0.3) is 0 Å². The molecule has 0 aromatic carbocycles. The Morgan fingerprint density at radius 1 is 0.296 bits per heavy atom. The lowest BCUT2D eigenvalue weighted by molar-refractivity contribution is -0.161. The van der Waals surface area contributed by atoms with Gasteiger partial charge in [0.25, 0.3) is 0 Å². The Kier molecular flexibility index (Phi) is 68.1. The summed E-state index contributed by atoms with van der Waals surface area (Å²) in [7, 11) is -9.92. The summed E-state index contributed by atoms with van der Waals surface area (Å²) in [4.78, 5) is 72.9. The van der Waals surface area contributed by atoms with E-state index < -0.39 is 97.5 Å². The fourth-order valence-electron chi connectivity index (χ4n) is 12.1.